The number of rotatable bonds is 6. The topological polar surface area (TPSA) is 67.4 Å². The minimum Gasteiger partial charge on any atom is -0.378 e. The molecule has 0 aliphatic carbocycles. The third kappa shape index (κ3) is 3.33. The Bertz CT molecular complexity index is 484. The van der Waals surface area contributed by atoms with Crippen LogP contribution >= 0.6 is 0 Å². The number of carbonyl (C=O) groups excluding carboxylic acids is 1. The smallest absolute Gasteiger partial charge is 0.255 e. The van der Waals surface area contributed by atoms with Crippen LogP contribution in [0.15, 0.2) is 18.9 Å². The molecule has 20 heavy (non-hydrogen) atoms. The number of nitrogens with one attached hydrogen (secondary N) is 1. The molecule has 1 N–H and O–H groups in total. The van der Waals surface area contributed by atoms with Crippen molar-refractivity contribution in [2.75, 3.05) is 31.6 Å². The van der Waals surface area contributed by atoms with Gasteiger partial charge < -0.3 is 15.0 Å². The molecule has 1 aliphatic rings. The quantitative estimate of drug-likeness (QED) is 0.789. The number of hydrogen-bond acceptors (Lipinski definition) is 5. The monoisotopic (exact) mass is 276 g/mol. The van der Waals surface area contributed by atoms with E-state index >= 15 is 0 Å². The van der Waals surface area contributed by atoms with E-state index in [4.69, 9.17) is 4.74 Å². The molecule has 0 radical (unpaired) electrons. The summed E-state index contributed by atoms with van der Waals surface area (Å²) in [5.74, 6) is 0.472. The van der Waals surface area contributed by atoms with Gasteiger partial charge in [0.05, 0.1) is 17.9 Å². The molecule has 0 spiro atoms. The summed E-state index contributed by atoms with van der Waals surface area (Å²) in [6.45, 7) is 6.22. The first-order chi connectivity index (χ1) is 9.76. The molecule has 2 heterocycles. The molecule has 108 valence electrons. The van der Waals surface area contributed by atoms with E-state index in [0.717, 1.165) is 25.9 Å². The maximum absolute atomic E-state index is 12.0. The van der Waals surface area contributed by atoms with Crippen molar-refractivity contribution in [3.8, 4) is 0 Å². The first-order valence-corrected chi connectivity index (χ1v) is 6.75. The Morgan fingerprint density at radius 3 is 2.95 bits per heavy atom. The van der Waals surface area contributed by atoms with Crippen LogP contribution < -0.4 is 10.2 Å². The molecular formula is C14H20N4O2. The zero-order valence-electron chi connectivity index (χ0n) is 11.8. The minimum atomic E-state index is -0.204. The molecule has 1 saturated heterocycles. The van der Waals surface area contributed by atoms with Gasteiger partial charge in [0.15, 0.2) is 0 Å². The normalized spacial score (nSPS) is 14.3. The fraction of sp³-hybridized carbons (Fsp3) is 0.500. The van der Waals surface area contributed by atoms with Crippen LogP contribution in [0, 0.1) is 0 Å². The molecule has 1 aromatic rings. The number of amides is 1. The summed E-state index contributed by atoms with van der Waals surface area (Å²) in [6, 6.07) is 0. The summed E-state index contributed by atoms with van der Waals surface area (Å²) in [4.78, 5) is 22.9. The molecule has 6 nitrogen and oxygen atoms in total. The Labute approximate surface area is 118 Å². The number of aromatic nitrogens is 2. The Hall–Kier alpha value is -1.95. The van der Waals surface area contributed by atoms with E-state index in [9.17, 15) is 4.79 Å². The summed E-state index contributed by atoms with van der Waals surface area (Å²) < 4.78 is 5.13. The largest absolute Gasteiger partial charge is 0.378 e. The second kappa shape index (κ2) is 7.00. The Balaban J connectivity index is 2.22. The zero-order valence-corrected chi connectivity index (χ0v) is 11.8. The lowest BCUT2D eigenvalue weighted by Gasteiger charge is -2.17. The Morgan fingerprint density at radius 1 is 1.55 bits per heavy atom. The maximum Gasteiger partial charge on any atom is 0.255 e. The van der Waals surface area contributed by atoms with Crippen LogP contribution in [0.1, 0.15) is 28.9 Å². The molecule has 2 rings (SSSR count). The second-order valence-electron chi connectivity index (χ2n) is 4.66. The molecular weight excluding hydrogens is 256 g/mol. The van der Waals surface area contributed by atoms with Crippen molar-refractivity contribution < 1.29 is 9.53 Å². The van der Waals surface area contributed by atoms with Gasteiger partial charge in [0, 0.05) is 32.9 Å². The van der Waals surface area contributed by atoms with Gasteiger partial charge in [-0.3, -0.25) is 4.79 Å². The lowest BCUT2D eigenvalue weighted by Crippen LogP contribution is -2.27. The van der Waals surface area contributed by atoms with E-state index in [1.54, 1.807) is 19.4 Å². The maximum atomic E-state index is 12.0. The van der Waals surface area contributed by atoms with E-state index in [1.165, 1.54) is 0 Å². The molecule has 1 aromatic heterocycles. The minimum absolute atomic E-state index is 0.204. The van der Waals surface area contributed by atoms with Crippen molar-refractivity contribution in [1.29, 1.82) is 0 Å². The van der Waals surface area contributed by atoms with Crippen LogP contribution in [0.2, 0.25) is 0 Å². The van der Waals surface area contributed by atoms with Crippen molar-refractivity contribution in [2.45, 2.75) is 19.4 Å². The summed E-state index contributed by atoms with van der Waals surface area (Å²) in [5.41, 5.74) is 1.07. The standard InChI is InChI=1S/C14H20N4O2/c1-3-6-15-13(19)11-9-16-14(17-12(11)10-20-2)18-7-4-5-8-18/h3,9H,1,4-8,10H2,2H3,(H,15,19). The highest BCUT2D eigenvalue weighted by Gasteiger charge is 2.19. The van der Waals surface area contributed by atoms with Crippen molar-refractivity contribution in [3.05, 3.63) is 30.1 Å². The molecule has 1 amide bonds. The highest BCUT2D eigenvalue weighted by atomic mass is 16.5. The molecule has 6 heteroatoms. The molecule has 0 saturated carbocycles. The molecule has 0 atom stereocenters. The van der Waals surface area contributed by atoms with Crippen LogP contribution in [-0.4, -0.2) is 42.6 Å². The van der Waals surface area contributed by atoms with Crippen LogP contribution in [0.4, 0.5) is 5.95 Å². The predicted octanol–water partition coefficient (Wildman–Crippen LogP) is 1.14. The predicted molar refractivity (Wildman–Crippen MR) is 76.7 cm³/mol. The average molecular weight is 276 g/mol. The Morgan fingerprint density at radius 2 is 2.30 bits per heavy atom. The number of nitrogens with zero attached hydrogens (tertiary/aromatic N) is 3. The van der Waals surface area contributed by atoms with Gasteiger partial charge in [0.25, 0.3) is 5.91 Å². The van der Waals surface area contributed by atoms with Gasteiger partial charge in [-0.05, 0) is 12.8 Å². The number of hydrogen-bond donors (Lipinski definition) is 1. The lowest BCUT2D eigenvalue weighted by molar-refractivity contribution is 0.0951. The van der Waals surface area contributed by atoms with Crippen LogP contribution in [-0.2, 0) is 11.3 Å². The van der Waals surface area contributed by atoms with Gasteiger partial charge in [0.2, 0.25) is 5.95 Å². The van der Waals surface area contributed by atoms with E-state index in [0.29, 0.717) is 30.4 Å². The lowest BCUT2D eigenvalue weighted by atomic mass is 10.2. The highest BCUT2D eigenvalue weighted by Crippen LogP contribution is 2.17. The van der Waals surface area contributed by atoms with E-state index in [1.807, 2.05) is 0 Å². The van der Waals surface area contributed by atoms with Gasteiger partial charge in [-0.2, -0.15) is 0 Å². The van der Waals surface area contributed by atoms with Crippen molar-refractivity contribution in [3.63, 3.8) is 0 Å². The van der Waals surface area contributed by atoms with E-state index < -0.39 is 0 Å². The fourth-order valence-electron chi connectivity index (χ4n) is 2.17. The first kappa shape index (κ1) is 14.5. The summed E-state index contributed by atoms with van der Waals surface area (Å²) in [7, 11) is 1.59. The average Bonchev–Trinajstić information content (AvgIpc) is 2.99. The van der Waals surface area contributed by atoms with Crippen LogP contribution in [0.3, 0.4) is 0 Å². The van der Waals surface area contributed by atoms with E-state index in [-0.39, 0.29) is 5.91 Å². The molecule has 1 aliphatic heterocycles. The van der Waals surface area contributed by atoms with Crippen molar-refractivity contribution in [2.24, 2.45) is 0 Å². The van der Waals surface area contributed by atoms with Gasteiger partial charge in [0.1, 0.15) is 0 Å². The van der Waals surface area contributed by atoms with E-state index in [2.05, 4.69) is 26.8 Å². The number of carbonyl (C=O) groups is 1. The summed E-state index contributed by atoms with van der Waals surface area (Å²) in [5, 5.41) is 2.73. The van der Waals surface area contributed by atoms with Crippen LogP contribution in [0.25, 0.3) is 0 Å². The highest BCUT2D eigenvalue weighted by molar-refractivity contribution is 5.95. The van der Waals surface area contributed by atoms with Crippen molar-refractivity contribution in [1.82, 2.24) is 15.3 Å². The van der Waals surface area contributed by atoms with Crippen LogP contribution in [0.5, 0.6) is 0 Å². The third-order valence-corrected chi connectivity index (χ3v) is 3.18. The number of methoxy groups -OCH3 is 1. The first-order valence-electron chi connectivity index (χ1n) is 6.75. The number of ether oxygens (including phenoxy) is 1. The third-order valence-electron chi connectivity index (χ3n) is 3.18. The van der Waals surface area contributed by atoms with Gasteiger partial charge >= 0.3 is 0 Å². The van der Waals surface area contributed by atoms with Crippen molar-refractivity contribution >= 4 is 11.9 Å². The van der Waals surface area contributed by atoms with Gasteiger partial charge in [-0.25, -0.2) is 9.97 Å². The summed E-state index contributed by atoms with van der Waals surface area (Å²) >= 11 is 0. The Kier molecular flexibility index (Phi) is 5.06. The van der Waals surface area contributed by atoms with Gasteiger partial charge in [-0.1, -0.05) is 6.08 Å². The molecule has 0 bridgehead atoms. The molecule has 0 aromatic carbocycles. The van der Waals surface area contributed by atoms with Gasteiger partial charge in [-0.15, -0.1) is 6.58 Å². The SMILES string of the molecule is C=CCNC(=O)c1cnc(N2CCCC2)nc1COC. The fourth-order valence-corrected chi connectivity index (χ4v) is 2.17. The second-order valence-corrected chi connectivity index (χ2v) is 4.66. The zero-order chi connectivity index (χ0) is 14.4. The molecule has 1 fully saturated rings. The number of anilines is 1. The summed E-state index contributed by atoms with van der Waals surface area (Å²) in [6.07, 6.45) is 5.52. The molecule has 0 unspecified atom stereocenters.